The van der Waals surface area contributed by atoms with Crippen molar-refractivity contribution in [1.82, 2.24) is 5.32 Å². The molecule has 4 heteroatoms. The molecule has 0 aromatic rings. The Bertz CT molecular complexity index is 192. The molecule has 1 unspecified atom stereocenters. The van der Waals surface area contributed by atoms with Crippen LogP contribution in [-0.2, 0) is 14.3 Å². The third-order valence-corrected chi connectivity index (χ3v) is 2.19. The molecular formula is C11H23NO3. The van der Waals surface area contributed by atoms with Crippen LogP contribution in [0, 0.1) is 5.41 Å². The van der Waals surface area contributed by atoms with Gasteiger partial charge in [-0.05, 0) is 27.7 Å². The van der Waals surface area contributed by atoms with Crippen molar-refractivity contribution < 1.29 is 14.3 Å². The number of esters is 1. The Hall–Kier alpha value is -0.610. The zero-order chi connectivity index (χ0) is 11.9. The van der Waals surface area contributed by atoms with Gasteiger partial charge in [0.15, 0.2) is 0 Å². The maximum absolute atomic E-state index is 11.3. The average molecular weight is 217 g/mol. The monoisotopic (exact) mass is 217 g/mol. The van der Waals surface area contributed by atoms with Gasteiger partial charge >= 0.3 is 5.97 Å². The van der Waals surface area contributed by atoms with E-state index in [1.807, 2.05) is 27.7 Å². The maximum Gasteiger partial charge on any atom is 0.312 e. The Morgan fingerprint density at radius 1 is 1.47 bits per heavy atom. The zero-order valence-corrected chi connectivity index (χ0v) is 10.4. The highest BCUT2D eigenvalue weighted by atomic mass is 16.5. The molecular weight excluding hydrogens is 194 g/mol. The Balaban J connectivity index is 3.79. The van der Waals surface area contributed by atoms with Crippen molar-refractivity contribution in [2.24, 2.45) is 5.41 Å². The van der Waals surface area contributed by atoms with Gasteiger partial charge in [0.1, 0.15) is 0 Å². The number of hydrogen-bond acceptors (Lipinski definition) is 4. The number of methoxy groups -OCH3 is 1. The molecule has 1 N–H and O–H groups in total. The van der Waals surface area contributed by atoms with Crippen LogP contribution < -0.4 is 5.32 Å². The molecule has 0 aromatic carbocycles. The van der Waals surface area contributed by atoms with Crippen LogP contribution in [0.5, 0.6) is 0 Å². The SMILES string of the molecule is CCOC(C)CNCC(C)(C)C(=O)OC. The lowest BCUT2D eigenvalue weighted by Gasteiger charge is -2.23. The highest BCUT2D eigenvalue weighted by molar-refractivity contribution is 5.76. The fourth-order valence-corrected chi connectivity index (χ4v) is 1.28. The zero-order valence-electron chi connectivity index (χ0n) is 10.4. The molecule has 0 fully saturated rings. The molecule has 0 rings (SSSR count). The first kappa shape index (κ1) is 14.4. The van der Waals surface area contributed by atoms with Crippen molar-refractivity contribution in [3.8, 4) is 0 Å². The molecule has 0 aliphatic heterocycles. The second-order valence-electron chi connectivity index (χ2n) is 4.27. The molecule has 4 nitrogen and oxygen atoms in total. The van der Waals surface area contributed by atoms with Crippen LogP contribution in [0.25, 0.3) is 0 Å². The van der Waals surface area contributed by atoms with Crippen LogP contribution in [0.15, 0.2) is 0 Å². The molecule has 15 heavy (non-hydrogen) atoms. The van der Waals surface area contributed by atoms with Crippen LogP contribution in [0.1, 0.15) is 27.7 Å². The normalized spacial score (nSPS) is 13.7. The highest BCUT2D eigenvalue weighted by Gasteiger charge is 2.28. The predicted molar refractivity (Wildman–Crippen MR) is 59.8 cm³/mol. The summed E-state index contributed by atoms with van der Waals surface area (Å²) in [6, 6.07) is 0. The molecule has 0 saturated heterocycles. The van der Waals surface area contributed by atoms with Crippen molar-refractivity contribution in [2.75, 3.05) is 26.8 Å². The van der Waals surface area contributed by atoms with Crippen LogP contribution in [0.2, 0.25) is 0 Å². The smallest absolute Gasteiger partial charge is 0.312 e. The lowest BCUT2D eigenvalue weighted by Crippen LogP contribution is -2.39. The third kappa shape index (κ3) is 5.74. The van der Waals surface area contributed by atoms with Crippen molar-refractivity contribution in [3.63, 3.8) is 0 Å². The number of rotatable bonds is 7. The number of carbonyl (C=O) groups is 1. The van der Waals surface area contributed by atoms with Gasteiger partial charge < -0.3 is 14.8 Å². The molecule has 0 amide bonds. The molecule has 0 bridgehead atoms. The van der Waals surface area contributed by atoms with Crippen LogP contribution in [0.4, 0.5) is 0 Å². The van der Waals surface area contributed by atoms with Crippen LogP contribution in [-0.4, -0.2) is 38.9 Å². The van der Waals surface area contributed by atoms with Crippen molar-refractivity contribution >= 4 is 5.97 Å². The maximum atomic E-state index is 11.3. The Kier molecular flexibility index (Phi) is 6.52. The molecule has 0 aliphatic rings. The summed E-state index contributed by atoms with van der Waals surface area (Å²) in [5.41, 5.74) is -0.485. The average Bonchev–Trinajstić information content (AvgIpc) is 2.16. The Morgan fingerprint density at radius 2 is 2.07 bits per heavy atom. The number of carbonyl (C=O) groups excluding carboxylic acids is 1. The molecule has 0 aromatic heterocycles. The molecule has 90 valence electrons. The second kappa shape index (κ2) is 6.80. The van der Waals surface area contributed by atoms with Crippen molar-refractivity contribution in [1.29, 1.82) is 0 Å². The van der Waals surface area contributed by atoms with Gasteiger partial charge in [-0.25, -0.2) is 0 Å². The fourth-order valence-electron chi connectivity index (χ4n) is 1.28. The Labute approximate surface area is 92.3 Å². The van der Waals surface area contributed by atoms with E-state index in [0.29, 0.717) is 13.2 Å². The minimum Gasteiger partial charge on any atom is -0.469 e. The summed E-state index contributed by atoms with van der Waals surface area (Å²) < 4.78 is 10.1. The van der Waals surface area contributed by atoms with Gasteiger partial charge in [-0.2, -0.15) is 0 Å². The van der Waals surface area contributed by atoms with E-state index in [1.54, 1.807) is 0 Å². The first-order valence-electron chi connectivity index (χ1n) is 5.34. The summed E-state index contributed by atoms with van der Waals surface area (Å²) in [5, 5.41) is 3.20. The van der Waals surface area contributed by atoms with E-state index in [9.17, 15) is 4.79 Å². The largest absolute Gasteiger partial charge is 0.469 e. The summed E-state index contributed by atoms with van der Waals surface area (Å²) in [6.07, 6.45) is 0.170. The first-order chi connectivity index (χ1) is 6.94. The highest BCUT2D eigenvalue weighted by Crippen LogP contribution is 2.15. The standard InChI is InChI=1S/C11H23NO3/c1-6-15-9(2)7-12-8-11(3,4)10(13)14-5/h9,12H,6-8H2,1-5H3. The van der Waals surface area contributed by atoms with Crippen LogP contribution >= 0.6 is 0 Å². The van der Waals surface area contributed by atoms with Gasteiger partial charge in [0.2, 0.25) is 0 Å². The number of ether oxygens (including phenoxy) is 2. The lowest BCUT2D eigenvalue weighted by molar-refractivity contribution is -0.150. The van der Waals surface area contributed by atoms with Crippen molar-refractivity contribution in [3.05, 3.63) is 0 Å². The quantitative estimate of drug-likeness (QED) is 0.651. The molecule has 0 heterocycles. The van der Waals surface area contributed by atoms with Gasteiger partial charge in [-0.3, -0.25) is 4.79 Å². The summed E-state index contributed by atoms with van der Waals surface area (Å²) in [7, 11) is 1.41. The van der Waals surface area contributed by atoms with E-state index in [2.05, 4.69) is 5.32 Å². The summed E-state index contributed by atoms with van der Waals surface area (Å²) >= 11 is 0. The van der Waals surface area contributed by atoms with E-state index < -0.39 is 5.41 Å². The van der Waals surface area contributed by atoms with Gasteiger partial charge in [0, 0.05) is 19.7 Å². The molecule has 0 radical (unpaired) electrons. The van der Waals surface area contributed by atoms with E-state index in [0.717, 1.165) is 6.54 Å². The molecule has 0 aliphatic carbocycles. The third-order valence-electron chi connectivity index (χ3n) is 2.19. The fraction of sp³-hybridized carbons (Fsp3) is 0.909. The van der Waals surface area contributed by atoms with E-state index in [-0.39, 0.29) is 12.1 Å². The summed E-state index contributed by atoms with van der Waals surface area (Å²) in [4.78, 5) is 11.3. The van der Waals surface area contributed by atoms with E-state index >= 15 is 0 Å². The first-order valence-corrected chi connectivity index (χ1v) is 5.34. The van der Waals surface area contributed by atoms with E-state index in [4.69, 9.17) is 9.47 Å². The lowest BCUT2D eigenvalue weighted by atomic mass is 9.94. The van der Waals surface area contributed by atoms with E-state index in [1.165, 1.54) is 7.11 Å². The topological polar surface area (TPSA) is 47.6 Å². The Morgan fingerprint density at radius 3 is 2.53 bits per heavy atom. The van der Waals surface area contributed by atoms with Gasteiger partial charge in [0.25, 0.3) is 0 Å². The van der Waals surface area contributed by atoms with Gasteiger partial charge in [0.05, 0.1) is 18.6 Å². The number of hydrogen-bond donors (Lipinski definition) is 1. The molecule has 1 atom stereocenters. The van der Waals surface area contributed by atoms with Crippen molar-refractivity contribution in [2.45, 2.75) is 33.8 Å². The number of nitrogens with one attached hydrogen (secondary N) is 1. The minimum absolute atomic E-state index is 0.170. The molecule has 0 saturated carbocycles. The van der Waals surface area contributed by atoms with Gasteiger partial charge in [-0.1, -0.05) is 0 Å². The molecule has 0 spiro atoms. The summed E-state index contributed by atoms with van der Waals surface area (Å²) in [5.74, 6) is -0.195. The predicted octanol–water partition coefficient (Wildman–Crippen LogP) is 1.20. The van der Waals surface area contributed by atoms with Crippen LogP contribution in [0.3, 0.4) is 0 Å². The van der Waals surface area contributed by atoms with Gasteiger partial charge in [-0.15, -0.1) is 0 Å². The second-order valence-corrected chi connectivity index (χ2v) is 4.27. The minimum atomic E-state index is -0.485. The summed E-state index contributed by atoms with van der Waals surface area (Å²) in [6.45, 7) is 9.74.